The van der Waals surface area contributed by atoms with Crippen LogP contribution in [-0.4, -0.2) is 140 Å². The number of aliphatic hydroxyl groups excluding tert-OH is 8. The fraction of sp³-hybridized carbons (Fsp3) is 0.750. The zero-order chi connectivity index (χ0) is 27.2. The van der Waals surface area contributed by atoms with E-state index in [-0.39, 0.29) is 19.5 Å². The van der Waals surface area contributed by atoms with Crippen molar-refractivity contribution in [2.24, 2.45) is 11.5 Å². The molecule has 0 saturated heterocycles. The van der Waals surface area contributed by atoms with Crippen LogP contribution in [0.2, 0.25) is 0 Å². The maximum atomic E-state index is 10.8. The Kier molecular flexibility index (Phi) is 20.8. The Balaban J connectivity index is -0.000000569. The first-order valence-corrected chi connectivity index (χ1v) is 9.20. The minimum atomic E-state index is -2.19. The number of hydrogen-bond acceptors (Lipinski definition) is 18. The van der Waals surface area contributed by atoms with Crippen molar-refractivity contribution >= 4 is 23.9 Å². The van der Waals surface area contributed by atoms with Crippen molar-refractivity contribution in [1.29, 1.82) is 0 Å². The Labute approximate surface area is 210 Å². The van der Waals surface area contributed by atoms with Gasteiger partial charge >= 0.3 is 31.4 Å². The number of hydrogen-bond donors (Lipinski definition) is 10. The molecule has 0 rings (SSSR count). The van der Waals surface area contributed by atoms with E-state index < -0.39 is 99.0 Å². The zero-order valence-corrected chi connectivity index (χ0v) is 21.1. The van der Waals surface area contributed by atoms with Gasteiger partial charge in [0.25, 0.3) is 0 Å². The van der Waals surface area contributed by atoms with Crippen molar-refractivity contribution in [2.45, 2.75) is 48.8 Å². The molecule has 200 valence electrons. The number of nitrogens with two attached hydrogens (primary N) is 2. The predicted octanol–water partition coefficient (Wildman–Crippen LogP) is -10.6. The van der Waals surface area contributed by atoms with Crippen LogP contribution in [0, 0.1) is 0 Å². The average molecular weight is 570 g/mol. The van der Waals surface area contributed by atoms with Gasteiger partial charge < -0.3 is 81.6 Å². The van der Waals surface area contributed by atoms with Gasteiger partial charge in [-0.1, -0.05) is 0 Å². The first kappa shape index (κ1) is 37.6. The van der Waals surface area contributed by atoms with Crippen LogP contribution in [0.25, 0.3) is 0 Å². The Hall–Kier alpha value is -1.90. The largest absolute Gasteiger partial charge is 2.00 e. The van der Waals surface area contributed by atoms with Gasteiger partial charge in [0.05, 0.1) is 38.2 Å². The van der Waals surface area contributed by atoms with Crippen LogP contribution in [0.3, 0.4) is 0 Å². The van der Waals surface area contributed by atoms with Gasteiger partial charge in [0.1, 0.15) is 36.6 Å². The molecule has 0 saturated carbocycles. The van der Waals surface area contributed by atoms with Crippen molar-refractivity contribution in [3.05, 3.63) is 0 Å². The number of aliphatic carboxylic acids is 2. The Bertz CT molecular complexity index is 601. The molecule has 35 heavy (non-hydrogen) atoms. The van der Waals surface area contributed by atoms with Crippen LogP contribution < -0.4 is 21.7 Å². The number of carboxylic acid groups (broad SMARTS) is 2. The first-order chi connectivity index (χ1) is 15.7. The van der Waals surface area contributed by atoms with E-state index in [2.05, 4.69) is 9.47 Å². The van der Waals surface area contributed by atoms with E-state index in [1.54, 1.807) is 0 Å². The van der Waals surface area contributed by atoms with Crippen LogP contribution in [-0.2, 0) is 48.1 Å². The quantitative estimate of drug-likeness (QED) is 0.0684. The maximum Gasteiger partial charge on any atom is 2.00 e. The van der Waals surface area contributed by atoms with Crippen LogP contribution >= 0.6 is 0 Å². The molecule has 0 aliphatic carbocycles. The molecule has 0 spiro atoms. The summed E-state index contributed by atoms with van der Waals surface area (Å²) in [5, 5.41) is 93.2. The van der Waals surface area contributed by atoms with Crippen molar-refractivity contribution < 1.29 is 99.2 Å². The van der Waals surface area contributed by atoms with E-state index >= 15 is 0 Å². The van der Waals surface area contributed by atoms with E-state index in [4.69, 9.17) is 31.9 Å². The van der Waals surface area contributed by atoms with E-state index in [1.807, 2.05) is 0 Å². The van der Waals surface area contributed by atoms with Crippen LogP contribution in [0.5, 0.6) is 0 Å². The average Bonchev–Trinajstić information content (AvgIpc) is 2.82. The van der Waals surface area contributed by atoms with Crippen LogP contribution in [0.15, 0.2) is 0 Å². The number of ether oxygens (including phenoxy) is 2. The molecule has 0 unspecified atom stereocenters. The minimum absolute atomic E-state index is 0. The van der Waals surface area contributed by atoms with E-state index in [1.165, 1.54) is 0 Å². The number of carboxylic acids is 2. The molecule has 0 fully saturated rings. The maximum absolute atomic E-state index is 10.8. The van der Waals surface area contributed by atoms with Gasteiger partial charge in [-0.2, -0.15) is 0 Å². The standard InChI is InChI=1S/2C8H15NO8.Zn/c2*9-1-4(12)17-7(8(15)16)6(14)5(13)3(11)2-10;/h2*3,5-7,10-11,13-14H,1-2,9H2,(H,15,16);/q;;+2/p-2/t2*3-,5-,6+,7-;/m11./s1. The van der Waals surface area contributed by atoms with Gasteiger partial charge in [-0.25, -0.2) is 0 Å². The van der Waals surface area contributed by atoms with Gasteiger partial charge in [-0.15, -0.1) is 0 Å². The number of rotatable bonds is 14. The third-order valence-electron chi connectivity index (χ3n) is 3.80. The molecule has 0 heterocycles. The van der Waals surface area contributed by atoms with Crippen molar-refractivity contribution in [2.75, 3.05) is 26.3 Å². The summed E-state index contributed by atoms with van der Waals surface area (Å²) in [6.07, 6.45) is -16.3. The van der Waals surface area contributed by atoms with Gasteiger partial charge in [0.15, 0.2) is 12.2 Å². The summed E-state index contributed by atoms with van der Waals surface area (Å²) in [4.78, 5) is 42.6. The van der Waals surface area contributed by atoms with Gasteiger partial charge in [-0.05, 0) is 0 Å². The second kappa shape index (κ2) is 19.3. The molecule has 0 aromatic carbocycles. The van der Waals surface area contributed by atoms with E-state index in [9.17, 15) is 49.8 Å². The normalized spacial score (nSPS) is 17.4. The topological polar surface area (TPSA) is 347 Å². The Morgan fingerprint density at radius 1 is 0.629 bits per heavy atom. The van der Waals surface area contributed by atoms with Crippen molar-refractivity contribution in [1.82, 2.24) is 0 Å². The Morgan fingerprint density at radius 2 is 0.886 bits per heavy atom. The molecule has 0 radical (unpaired) electrons. The Morgan fingerprint density at radius 3 is 1.06 bits per heavy atom. The molecular weight excluding hydrogens is 542 g/mol. The molecule has 0 bridgehead atoms. The van der Waals surface area contributed by atoms with Gasteiger partial charge in [0.2, 0.25) is 0 Å². The summed E-state index contributed by atoms with van der Waals surface area (Å²) in [7, 11) is 0. The van der Waals surface area contributed by atoms with Gasteiger partial charge in [0, 0.05) is 0 Å². The number of aliphatic hydroxyl groups is 8. The van der Waals surface area contributed by atoms with Crippen molar-refractivity contribution in [3.63, 3.8) is 0 Å². The number of carbonyl (C=O) groups is 4. The molecule has 8 atom stereocenters. The fourth-order valence-corrected chi connectivity index (χ4v) is 1.92. The zero-order valence-electron chi connectivity index (χ0n) is 18.2. The molecule has 19 heteroatoms. The molecule has 0 aliphatic rings. The summed E-state index contributed by atoms with van der Waals surface area (Å²) < 4.78 is 8.42. The van der Waals surface area contributed by atoms with E-state index in [0.717, 1.165) is 0 Å². The fourth-order valence-electron chi connectivity index (χ4n) is 1.92. The molecule has 0 aromatic rings. The molecule has 12 N–H and O–H groups in total. The minimum Gasteiger partial charge on any atom is -0.546 e. The third-order valence-corrected chi connectivity index (χ3v) is 3.80. The first-order valence-electron chi connectivity index (χ1n) is 9.20. The second-order valence-corrected chi connectivity index (χ2v) is 6.33. The van der Waals surface area contributed by atoms with E-state index in [0.29, 0.717) is 0 Å². The predicted molar refractivity (Wildman–Crippen MR) is 98.1 cm³/mol. The summed E-state index contributed by atoms with van der Waals surface area (Å²) in [5.41, 5.74) is 9.72. The monoisotopic (exact) mass is 568 g/mol. The summed E-state index contributed by atoms with van der Waals surface area (Å²) in [5.74, 6) is -6.21. The smallest absolute Gasteiger partial charge is 0.546 e. The van der Waals surface area contributed by atoms with Crippen molar-refractivity contribution in [3.8, 4) is 0 Å². The number of esters is 2. The third kappa shape index (κ3) is 13.7. The SMILES string of the molecule is NCC(=O)O[C@@H](C(=O)[O-])[C@@H](O)[C@H](O)[C@H](O)CO.NCC(=O)O[C@@H](C(=O)[O-])[C@@H](O)[C@H](O)[C@H](O)CO.[Zn+2]. The van der Waals surface area contributed by atoms with Gasteiger partial charge in [-0.3, -0.25) is 9.59 Å². The van der Waals surface area contributed by atoms with Crippen LogP contribution in [0.4, 0.5) is 0 Å². The molecule has 0 aromatic heterocycles. The van der Waals surface area contributed by atoms with Crippen LogP contribution in [0.1, 0.15) is 0 Å². The second-order valence-electron chi connectivity index (χ2n) is 6.33. The molecule has 18 nitrogen and oxygen atoms in total. The molecular formula is C16H28N2O16Zn. The molecule has 0 aliphatic heterocycles. The summed E-state index contributed by atoms with van der Waals surface area (Å²) in [6.45, 7) is -3.09. The summed E-state index contributed by atoms with van der Waals surface area (Å²) in [6, 6.07) is 0. The summed E-state index contributed by atoms with van der Waals surface area (Å²) >= 11 is 0. The molecule has 0 amide bonds. The number of carbonyl (C=O) groups excluding carboxylic acids is 4.